The summed E-state index contributed by atoms with van der Waals surface area (Å²) in [5.74, 6) is 1.95. The topological polar surface area (TPSA) is 38.7 Å². The zero-order chi connectivity index (χ0) is 39.3. The fourth-order valence-corrected chi connectivity index (χ4v) is 11.3. The number of fused-ring (bicyclic) bond motifs is 14. The van der Waals surface area contributed by atoms with Crippen LogP contribution in [0, 0.1) is 0 Å². The Kier molecular flexibility index (Phi) is 7.42. The molecule has 59 heavy (non-hydrogen) atoms. The van der Waals surface area contributed by atoms with Gasteiger partial charge in [0.15, 0.2) is 17.5 Å². The van der Waals surface area contributed by atoms with E-state index in [1.54, 1.807) is 0 Å². The van der Waals surface area contributed by atoms with Crippen LogP contribution in [-0.4, -0.2) is 15.0 Å². The molecule has 12 rings (SSSR count). The number of nitrogens with zero attached hydrogens (tertiary/aromatic N) is 3. The summed E-state index contributed by atoms with van der Waals surface area (Å²) in [5.41, 5.74) is 10.0. The molecule has 9 aromatic carbocycles. The van der Waals surface area contributed by atoms with Crippen LogP contribution in [0.5, 0.6) is 0 Å². The van der Waals surface area contributed by atoms with Crippen LogP contribution in [-0.2, 0) is 10.8 Å². The van der Waals surface area contributed by atoms with E-state index in [4.69, 9.17) is 15.0 Å². The lowest BCUT2D eigenvalue weighted by atomic mass is 9.54. The Bertz CT molecular complexity index is 3270. The fourth-order valence-electron chi connectivity index (χ4n) is 10.2. The predicted octanol–water partition coefficient (Wildman–Crippen LogP) is 13.8. The molecule has 2 aliphatic rings. The third kappa shape index (κ3) is 4.93. The third-order valence-electron chi connectivity index (χ3n) is 12.8. The van der Waals surface area contributed by atoms with Gasteiger partial charge in [0.2, 0.25) is 0 Å². The van der Waals surface area contributed by atoms with Gasteiger partial charge >= 0.3 is 0 Å². The van der Waals surface area contributed by atoms with Crippen molar-refractivity contribution in [3.63, 3.8) is 0 Å². The van der Waals surface area contributed by atoms with E-state index in [1.807, 2.05) is 30.0 Å². The summed E-state index contributed by atoms with van der Waals surface area (Å²) in [6, 6.07) is 68.4. The van der Waals surface area contributed by atoms with Crippen LogP contribution < -0.4 is 0 Å². The Labute approximate surface area is 347 Å². The Hall–Kier alpha value is -6.88. The maximum atomic E-state index is 5.36. The number of hydrogen-bond acceptors (Lipinski definition) is 4. The highest BCUT2D eigenvalue weighted by molar-refractivity contribution is 7.99. The summed E-state index contributed by atoms with van der Waals surface area (Å²) < 4.78 is 0. The summed E-state index contributed by atoms with van der Waals surface area (Å²) in [6.45, 7) is 4.74. The summed E-state index contributed by atoms with van der Waals surface area (Å²) in [7, 11) is 0. The van der Waals surface area contributed by atoms with Gasteiger partial charge in [0.25, 0.3) is 0 Å². The van der Waals surface area contributed by atoms with E-state index in [2.05, 4.69) is 184 Å². The van der Waals surface area contributed by atoms with Crippen LogP contribution in [0.2, 0.25) is 0 Å². The second kappa shape index (κ2) is 12.8. The van der Waals surface area contributed by atoms with Gasteiger partial charge in [-0.05, 0) is 90.0 Å². The first-order valence-electron chi connectivity index (χ1n) is 20.3. The Morgan fingerprint density at radius 2 is 0.746 bits per heavy atom. The zero-order valence-electron chi connectivity index (χ0n) is 32.6. The summed E-state index contributed by atoms with van der Waals surface area (Å²) in [5, 5.41) is 7.36. The van der Waals surface area contributed by atoms with Gasteiger partial charge in [-0.25, -0.2) is 15.0 Å². The molecule has 0 N–H and O–H groups in total. The molecule has 3 nitrogen and oxygen atoms in total. The quantitative estimate of drug-likeness (QED) is 0.168. The average Bonchev–Trinajstić information content (AvgIpc) is 3.30. The lowest BCUT2D eigenvalue weighted by Crippen LogP contribution is -2.43. The maximum Gasteiger partial charge on any atom is 0.164 e. The van der Waals surface area contributed by atoms with E-state index in [0.29, 0.717) is 17.5 Å². The van der Waals surface area contributed by atoms with Gasteiger partial charge in [-0.3, -0.25) is 0 Å². The molecule has 2 heterocycles. The molecule has 0 fully saturated rings. The summed E-state index contributed by atoms with van der Waals surface area (Å²) in [4.78, 5) is 18.3. The lowest BCUT2D eigenvalue weighted by Gasteiger charge is -2.50. The summed E-state index contributed by atoms with van der Waals surface area (Å²) >= 11 is 1.85. The molecule has 10 aromatic rings. The normalized spacial score (nSPS) is 14.5. The van der Waals surface area contributed by atoms with Crippen LogP contribution in [0.25, 0.3) is 66.5 Å². The SMILES string of the molecule is CC1(C)c2ccccc2C2(c3ccccc3Sc3ccc(-c4nc(-c5ccccc5)nc(-c5ccc6c7ccccc7c7ccccc7c6c5)n4)cc32)c2ccccc21. The molecule has 0 saturated heterocycles. The van der Waals surface area contributed by atoms with Crippen molar-refractivity contribution in [2.45, 2.75) is 34.5 Å². The molecular formula is C55H37N3S. The van der Waals surface area contributed by atoms with Gasteiger partial charge in [-0.15, -0.1) is 0 Å². The molecule has 0 saturated carbocycles. The Morgan fingerprint density at radius 1 is 0.322 bits per heavy atom. The van der Waals surface area contributed by atoms with Crippen molar-refractivity contribution in [3.05, 3.63) is 221 Å². The monoisotopic (exact) mass is 771 g/mol. The predicted molar refractivity (Wildman–Crippen MR) is 243 cm³/mol. The molecule has 0 bridgehead atoms. The van der Waals surface area contributed by atoms with Gasteiger partial charge in [0.05, 0.1) is 5.41 Å². The standard InChI is InChI=1S/C55H37N3S/c1-54(2)43-22-10-12-24-45(43)55(46-25-13-11-23-44(46)54)47-26-14-15-27-49(47)59-50-31-29-36(33-48(50)55)53-57-51(34-16-4-3-5-17-34)56-52(58-53)35-28-30-41-39-20-7-6-18-37(39)38-19-8-9-21-40(38)42(41)32-35/h3-33H,1-2H3. The van der Waals surface area contributed by atoms with Crippen molar-refractivity contribution in [2.24, 2.45) is 0 Å². The van der Waals surface area contributed by atoms with Crippen molar-refractivity contribution in [2.75, 3.05) is 0 Å². The zero-order valence-corrected chi connectivity index (χ0v) is 33.5. The summed E-state index contributed by atoms with van der Waals surface area (Å²) in [6.07, 6.45) is 0. The van der Waals surface area contributed by atoms with Crippen LogP contribution in [0.15, 0.2) is 198 Å². The minimum atomic E-state index is -0.545. The fraction of sp³-hybridized carbons (Fsp3) is 0.0727. The van der Waals surface area contributed by atoms with Gasteiger partial charge in [-0.1, -0.05) is 189 Å². The molecule has 0 amide bonds. The Morgan fingerprint density at radius 3 is 1.36 bits per heavy atom. The molecule has 0 radical (unpaired) electrons. The third-order valence-corrected chi connectivity index (χ3v) is 14.0. The molecule has 278 valence electrons. The van der Waals surface area contributed by atoms with Crippen molar-refractivity contribution in [1.29, 1.82) is 0 Å². The molecule has 1 spiro atoms. The number of benzene rings is 9. The lowest BCUT2D eigenvalue weighted by molar-refractivity contribution is 0.549. The first-order chi connectivity index (χ1) is 29.0. The highest BCUT2D eigenvalue weighted by Gasteiger charge is 2.52. The van der Waals surface area contributed by atoms with Crippen molar-refractivity contribution >= 4 is 44.1 Å². The average molecular weight is 772 g/mol. The highest BCUT2D eigenvalue weighted by atomic mass is 32.2. The minimum Gasteiger partial charge on any atom is -0.208 e. The highest BCUT2D eigenvalue weighted by Crippen LogP contribution is 2.61. The number of rotatable bonds is 3. The first kappa shape index (κ1) is 34.2. The van der Waals surface area contributed by atoms with Crippen LogP contribution in [0.1, 0.15) is 47.2 Å². The van der Waals surface area contributed by atoms with E-state index in [1.165, 1.54) is 75.5 Å². The van der Waals surface area contributed by atoms with Crippen molar-refractivity contribution in [3.8, 4) is 34.2 Å². The van der Waals surface area contributed by atoms with E-state index in [-0.39, 0.29) is 5.41 Å². The maximum absolute atomic E-state index is 5.36. The molecule has 1 aliphatic carbocycles. The largest absolute Gasteiger partial charge is 0.208 e. The van der Waals surface area contributed by atoms with E-state index in [0.717, 1.165) is 16.7 Å². The van der Waals surface area contributed by atoms with Gasteiger partial charge in [0, 0.05) is 31.9 Å². The second-order valence-corrected chi connectivity index (χ2v) is 17.4. The molecule has 0 unspecified atom stereocenters. The van der Waals surface area contributed by atoms with Crippen LogP contribution >= 0.6 is 11.8 Å². The van der Waals surface area contributed by atoms with E-state index < -0.39 is 5.41 Å². The van der Waals surface area contributed by atoms with E-state index in [9.17, 15) is 0 Å². The van der Waals surface area contributed by atoms with Gasteiger partial charge in [0.1, 0.15) is 0 Å². The first-order valence-corrected chi connectivity index (χ1v) is 21.1. The molecule has 1 aliphatic heterocycles. The number of hydrogen-bond donors (Lipinski definition) is 0. The van der Waals surface area contributed by atoms with Crippen molar-refractivity contribution in [1.82, 2.24) is 15.0 Å². The van der Waals surface area contributed by atoms with Crippen LogP contribution in [0.3, 0.4) is 0 Å². The van der Waals surface area contributed by atoms with Crippen LogP contribution in [0.4, 0.5) is 0 Å². The molecule has 4 heteroatoms. The van der Waals surface area contributed by atoms with Crippen molar-refractivity contribution < 1.29 is 0 Å². The second-order valence-electron chi connectivity index (χ2n) is 16.3. The molecular weight excluding hydrogens is 735 g/mol. The smallest absolute Gasteiger partial charge is 0.164 e. The molecule has 1 aromatic heterocycles. The minimum absolute atomic E-state index is 0.180. The molecule has 0 atom stereocenters. The Balaban J connectivity index is 1.12. The number of aromatic nitrogens is 3. The van der Waals surface area contributed by atoms with E-state index >= 15 is 0 Å². The van der Waals surface area contributed by atoms with Gasteiger partial charge < -0.3 is 0 Å². The van der Waals surface area contributed by atoms with Gasteiger partial charge in [-0.2, -0.15) is 0 Å².